The highest BCUT2D eigenvalue weighted by Crippen LogP contribution is 2.27. The lowest BCUT2D eigenvalue weighted by Gasteiger charge is -2.28. The zero-order chi connectivity index (χ0) is 6.85. The maximum atomic E-state index is 9.35. The van der Waals surface area contributed by atoms with Crippen molar-refractivity contribution >= 4 is 0 Å². The Morgan fingerprint density at radius 1 is 1.22 bits per heavy atom. The minimum absolute atomic E-state index is 0.0197. The standard InChI is InChI=1S/C8H16O/c1-6-3-4-7(2)8(9)5-6/h6-9H,3-5H2,1-2H3/t6-,7?,8?/m1/s1. The lowest BCUT2D eigenvalue weighted by atomic mass is 9.82. The second-order valence-electron chi connectivity index (χ2n) is 3.46. The average Bonchev–Trinajstić information content (AvgIpc) is 1.80. The molecule has 0 aromatic heterocycles. The van der Waals surface area contributed by atoms with Crippen molar-refractivity contribution in [2.24, 2.45) is 11.8 Å². The van der Waals surface area contributed by atoms with E-state index >= 15 is 0 Å². The molecule has 9 heavy (non-hydrogen) atoms. The highest BCUT2D eigenvalue weighted by atomic mass is 16.3. The van der Waals surface area contributed by atoms with Crippen molar-refractivity contribution in [1.29, 1.82) is 0 Å². The molecule has 1 nitrogen and oxygen atoms in total. The highest BCUT2D eigenvalue weighted by Gasteiger charge is 2.22. The third-order valence-corrected chi connectivity index (χ3v) is 2.42. The Kier molecular flexibility index (Phi) is 2.12. The van der Waals surface area contributed by atoms with Gasteiger partial charge in [0.1, 0.15) is 0 Å². The van der Waals surface area contributed by atoms with E-state index in [1.54, 1.807) is 0 Å². The topological polar surface area (TPSA) is 20.2 Å². The average molecular weight is 128 g/mol. The van der Waals surface area contributed by atoms with Crippen molar-refractivity contribution in [3.63, 3.8) is 0 Å². The first-order chi connectivity index (χ1) is 4.20. The van der Waals surface area contributed by atoms with E-state index < -0.39 is 0 Å². The van der Waals surface area contributed by atoms with Gasteiger partial charge in [0.05, 0.1) is 6.10 Å². The van der Waals surface area contributed by atoms with Gasteiger partial charge in [-0.1, -0.05) is 20.3 Å². The summed E-state index contributed by atoms with van der Waals surface area (Å²) in [7, 11) is 0. The van der Waals surface area contributed by atoms with Gasteiger partial charge in [0.25, 0.3) is 0 Å². The number of hydrogen-bond acceptors (Lipinski definition) is 1. The van der Waals surface area contributed by atoms with Gasteiger partial charge >= 0.3 is 0 Å². The molecule has 0 aliphatic heterocycles. The molecule has 1 saturated carbocycles. The van der Waals surface area contributed by atoms with Crippen molar-refractivity contribution in [3.05, 3.63) is 0 Å². The van der Waals surface area contributed by atoms with Crippen molar-refractivity contribution in [3.8, 4) is 0 Å². The van der Waals surface area contributed by atoms with Gasteiger partial charge in [-0.05, 0) is 24.7 Å². The van der Waals surface area contributed by atoms with Crippen LogP contribution in [-0.4, -0.2) is 11.2 Å². The second-order valence-corrected chi connectivity index (χ2v) is 3.46. The van der Waals surface area contributed by atoms with Gasteiger partial charge in [0, 0.05) is 0 Å². The normalized spacial score (nSPS) is 45.0. The third kappa shape index (κ3) is 1.68. The lowest BCUT2D eigenvalue weighted by molar-refractivity contribution is 0.0577. The first-order valence-electron chi connectivity index (χ1n) is 3.88. The summed E-state index contributed by atoms with van der Waals surface area (Å²) in [6, 6.07) is 0. The Morgan fingerprint density at radius 3 is 2.33 bits per heavy atom. The summed E-state index contributed by atoms with van der Waals surface area (Å²) in [6.07, 6.45) is 3.51. The summed E-state index contributed by atoms with van der Waals surface area (Å²) in [5.41, 5.74) is 0. The third-order valence-electron chi connectivity index (χ3n) is 2.42. The molecule has 54 valence electrons. The van der Waals surface area contributed by atoms with E-state index in [1.807, 2.05) is 0 Å². The van der Waals surface area contributed by atoms with Crippen LogP contribution in [0.15, 0.2) is 0 Å². The SMILES string of the molecule is CC1CC[C@@H](C)CC1O. The molecule has 0 bridgehead atoms. The molecule has 0 amide bonds. The van der Waals surface area contributed by atoms with Crippen LogP contribution in [0.25, 0.3) is 0 Å². The van der Waals surface area contributed by atoms with Crippen LogP contribution in [0.2, 0.25) is 0 Å². The Labute approximate surface area is 57.1 Å². The molecular weight excluding hydrogens is 112 g/mol. The fourth-order valence-corrected chi connectivity index (χ4v) is 1.50. The van der Waals surface area contributed by atoms with E-state index in [0.29, 0.717) is 5.92 Å². The van der Waals surface area contributed by atoms with Crippen LogP contribution in [0.5, 0.6) is 0 Å². The van der Waals surface area contributed by atoms with Gasteiger partial charge in [0.15, 0.2) is 0 Å². The largest absolute Gasteiger partial charge is 0.393 e. The van der Waals surface area contributed by atoms with E-state index in [-0.39, 0.29) is 6.10 Å². The Bertz CT molecular complexity index is 90.6. The van der Waals surface area contributed by atoms with Crippen LogP contribution in [0, 0.1) is 11.8 Å². The maximum Gasteiger partial charge on any atom is 0.0568 e. The summed E-state index contributed by atoms with van der Waals surface area (Å²) in [5.74, 6) is 1.29. The van der Waals surface area contributed by atoms with E-state index in [1.165, 1.54) is 12.8 Å². The van der Waals surface area contributed by atoms with Gasteiger partial charge in [-0.15, -0.1) is 0 Å². The van der Waals surface area contributed by atoms with Gasteiger partial charge in [-0.2, -0.15) is 0 Å². The quantitative estimate of drug-likeness (QED) is 0.527. The predicted molar refractivity (Wildman–Crippen MR) is 38.2 cm³/mol. The van der Waals surface area contributed by atoms with Gasteiger partial charge in [-0.3, -0.25) is 0 Å². The Morgan fingerprint density at radius 2 is 1.89 bits per heavy atom. The Hall–Kier alpha value is -0.0400. The minimum Gasteiger partial charge on any atom is -0.393 e. The molecule has 1 fully saturated rings. The molecule has 0 aromatic rings. The lowest BCUT2D eigenvalue weighted by Crippen LogP contribution is -2.25. The van der Waals surface area contributed by atoms with Crippen LogP contribution in [-0.2, 0) is 0 Å². The van der Waals surface area contributed by atoms with Crippen LogP contribution in [0.4, 0.5) is 0 Å². The fourth-order valence-electron chi connectivity index (χ4n) is 1.50. The smallest absolute Gasteiger partial charge is 0.0568 e. The van der Waals surface area contributed by atoms with E-state index in [0.717, 1.165) is 12.3 Å². The second kappa shape index (κ2) is 2.70. The molecule has 0 saturated heterocycles. The molecule has 1 heteroatoms. The predicted octanol–water partition coefficient (Wildman–Crippen LogP) is 1.80. The molecule has 1 N–H and O–H groups in total. The van der Waals surface area contributed by atoms with E-state index in [9.17, 15) is 5.11 Å². The van der Waals surface area contributed by atoms with Crippen LogP contribution in [0.3, 0.4) is 0 Å². The highest BCUT2D eigenvalue weighted by molar-refractivity contribution is 4.74. The summed E-state index contributed by atoms with van der Waals surface area (Å²) in [5, 5.41) is 9.35. The number of aliphatic hydroxyl groups excluding tert-OH is 1. The summed E-state index contributed by atoms with van der Waals surface area (Å²) >= 11 is 0. The van der Waals surface area contributed by atoms with Crippen LogP contribution >= 0.6 is 0 Å². The maximum absolute atomic E-state index is 9.35. The fraction of sp³-hybridized carbons (Fsp3) is 1.00. The van der Waals surface area contributed by atoms with Gasteiger partial charge in [0.2, 0.25) is 0 Å². The monoisotopic (exact) mass is 128 g/mol. The van der Waals surface area contributed by atoms with Crippen LogP contribution < -0.4 is 0 Å². The Balaban J connectivity index is 2.35. The molecular formula is C8H16O. The minimum atomic E-state index is -0.0197. The van der Waals surface area contributed by atoms with E-state index in [2.05, 4.69) is 13.8 Å². The zero-order valence-corrected chi connectivity index (χ0v) is 6.30. The first-order valence-corrected chi connectivity index (χ1v) is 3.88. The molecule has 0 aromatic carbocycles. The zero-order valence-electron chi connectivity index (χ0n) is 6.30. The number of hydrogen-bond donors (Lipinski definition) is 1. The number of aliphatic hydroxyl groups is 1. The number of rotatable bonds is 0. The summed E-state index contributed by atoms with van der Waals surface area (Å²) < 4.78 is 0. The summed E-state index contributed by atoms with van der Waals surface area (Å²) in [6.45, 7) is 4.35. The van der Waals surface area contributed by atoms with Crippen molar-refractivity contribution < 1.29 is 5.11 Å². The molecule has 0 radical (unpaired) electrons. The molecule has 3 atom stereocenters. The molecule has 1 aliphatic rings. The first kappa shape index (κ1) is 7.07. The van der Waals surface area contributed by atoms with Gasteiger partial charge in [-0.25, -0.2) is 0 Å². The van der Waals surface area contributed by atoms with Gasteiger partial charge < -0.3 is 5.11 Å². The molecule has 1 aliphatic carbocycles. The van der Waals surface area contributed by atoms with Crippen molar-refractivity contribution in [2.45, 2.75) is 39.2 Å². The van der Waals surface area contributed by atoms with Crippen molar-refractivity contribution in [2.75, 3.05) is 0 Å². The van der Waals surface area contributed by atoms with Crippen LogP contribution in [0.1, 0.15) is 33.1 Å². The molecule has 2 unspecified atom stereocenters. The van der Waals surface area contributed by atoms with E-state index in [4.69, 9.17) is 0 Å². The van der Waals surface area contributed by atoms with Crippen molar-refractivity contribution in [1.82, 2.24) is 0 Å². The molecule has 0 heterocycles. The molecule has 1 rings (SSSR count). The molecule has 0 spiro atoms. The summed E-state index contributed by atoms with van der Waals surface area (Å²) in [4.78, 5) is 0.